The highest BCUT2D eigenvalue weighted by molar-refractivity contribution is 6.02. The first-order valence-electron chi connectivity index (χ1n) is 10.4. The number of aliphatic carboxylic acids is 1. The SMILES string of the molecule is O=C(CC1(C(=O)O)CCCCC1)c1cnn2c1N[C@H](c1ccccc1)C[C@@H]2C(F)(F)F. The molecule has 0 unspecified atom stereocenters. The van der Waals surface area contributed by atoms with Crippen LogP contribution in [0.5, 0.6) is 0 Å². The number of Topliss-reactive ketones (excluding diaryl/α,β-unsaturated/α-hetero) is 1. The lowest BCUT2D eigenvalue weighted by Gasteiger charge is -2.35. The molecule has 1 fully saturated rings. The summed E-state index contributed by atoms with van der Waals surface area (Å²) in [5, 5.41) is 16.7. The quantitative estimate of drug-likeness (QED) is 0.635. The third kappa shape index (κ3) is 4.05. The van der Waals surface area contributed by atoms with Gasteiger partial charge in [-0.3, -0.25) is 9.59 Å². The van der Waals surface area contributed by atoms with E-state index in [9.17, 15) is 27.9 Å². The molecular formula is C22H24F3N3O3. The number of carboxylic acid groups (broad SMARTS) is 1. The Labute approximate surface area is 177 Å². The van der Waals surface area contributed by atoms with E-state index >= 15 is 0 Å². The van der Waals surface area contributed by atoms with Crippen molar-refractivity contribution in [2.75, 3.05) is 5.32 Å². The minimum Gasteiger partial charge on any atom is -0.481 e. The Balaban J connectivity index is 1.68. The van der Waals surface area contributed by atoms with Crippen molar-refractivity contribution in [1.82, 2.24) is 9.78 Å². The first-order chi connectivity index (χ1) is 14.7. The zero-order chi connectivity index (χ0) is 22.2. The number of rotatable bonds is 5. The number of fused-ring (bicyclic) bond motifs is 1. The number of alkyl halides is 3. The van der Waals surface area contributed by atoms with Crippen LogP contribution >= 0.6 is 0 Å². The van der Waals surface area contributed by atoms with Crippen LogP contribution in [0, 0.1) is 5.41 Å². The van der Waals surface area contributed by atoms with Gasteiger partial charge in [-0.1, -0.05) is 49.6 Å². The summed E-state index contributed by atoms with van der Waals surface area (Å²) in [7, 11) is 0. The van der Waals surface area contributed by atoms with Crippen LogP contribution < -0.4 is 5.32 Å². The molecule has 6 nitrogen and oxygen atoms in total. The Hall–Kier alpha value is -2.84. The Bertz CT molecular complexity index is 965. The van der Waals surface area contributed by atoms with Gasteiger partial charge in [0.15, 0.2) is 11.8 Å². The van der Waals surface area contributed by atoms with Crippen LogP contribution in [0.3, 0.4) is 0 Å². The fourth-order valence-electron chi connectivity index (χ4n) is 4.77. The maximum atomic E-state index is 13.8. The molecule has 2 atom stereocenters. The first kappa shape index (κ1) is 21.4. The smallest absolute Gasteiger partial charge is 0.410 e. The molecule has 2 aliphatic rings. The zero-order valence-electron chi connectivity index (χ0n) is 16.9. The summed E-state index contributed by atoms with van der Waals surface area (Å²) in [6.07, 6.45) is -0.765. The van der Waals surface area contributed by atoms with E-state index in [0.717, 1.165) is 30.1 Å². The molecule has 1 saturated carbocycles. The number of halogens is 3. The van der Waals surface area contributed by atoms with Gasteiger partial charge >= 0.3 is 12.1 Å². The average molecular weight is 435 g/mol. The Morgan fingerprint density at radius 3 is 2.45 bits per heavy atom. The summed E-state index contributed by atoms with van der Waals surface area (Å²) in [5.74, 6) is -1.51. The third-order valence-corrected chi connectivity index (χ3v) is 6.50. The Morgan fingerprint density at radius 1 is 1.16 bits per heavy atom. The van der Waals surface area contributed by atoms with Gasteiger partial charge in [-0.2, -0.15) is 18.3 Å². The lowest BCUT2D eigenvalue weighted by Crippen LogP contribution is -2.37. The van der Waals surface area contributed by atoms with Gasteiger partial charge in [-0.15, -0.1) is 0 Å². The second kappa shape index (κ2) is 8.01. The van der Waals surface area contributed by atoms with E-state index in [4.69, 9.17) is 0 Å². The van der Waals surface area contributed by atoms with E-state index in [2.05, 4.69) is 10.4 Å². The van der Waals surface area contributed by atoms with Gasteiger partial charge < -0.3 is 10.4 Å². The summed E-state index contributed by atoms with van der Waals surface area (Å²) in [6.45, 7) is 0. The molecule has 1 aliphatic carbocycles. The van der Waals surface area contributed by atoms with E-state index in [-0.39, 0.29) is 24.2 Å². The summed E-state index contributed by atoms with van der Waals surface area (Å²) < 4.78 is 42.2. The Morgan fingerprint density at radius 2 is 1.84 bits per heavy atom. The highest BCUT2D eigenvalue weighted by atomic mass is 19.4. The number of hydrogen-bond acceptors (Lipinski definition) is 4. The number of aromatic nitrogens is 2. The molecule has 1 aliphatic heterocycles. The largest absolute Gasteiger partial charge is 0.481 e. The van der Waals surface area contributed by atoms with Gasteiger partial charge in [0.2, 0.25) is 0 Å². The molecule has 2 heterocycles. The zero-order valence-corrected chi connectivity index (χ0v) is 16.9. The molecule has 2 N–H and O–H groups in total. The van der Waals surface area contributed by atoms with Gasteiger partial charge in [-0.25, -0.2) is 4.68 Å². The van der Waals surface area contributed by atoms with Crippen LogP contribution in [0.25, 0.3) is 0 Å². The average Bonchev–Trinajstić information content (AvgIpc) is 3.17. The topological polar surface area (TPSA) is 84.2 Å². The standard InChI is InChI=1S/C22H24F3N3O3/c23-22(24,25)18-11-16(14-7-3-1-4-8-14)27-19-15(13-26-28(18)19)17(29)12-21(20(30)31)9-5-2-6-10-21/h1,3-4,7-8,13,16,18,27H,2,5-6,9-12H2,(H,30,31)/t16-,18+/m0/s1. The first-order valence-corrected chi connectivity index (χ1v) is 10.4. The van der Waals surface area contributed by atoms with Crippen LogP contribution in [0.15, 0.2) is 36.5 Å². The minimum atomic E-state index is -4.54. The van der Waals surface area contributed by atoms with Gasteiger partial charge in [-0.05, 0) is 18.4 Å². The van der Waals surface area contributed by atoms with Crippen molar-refractivity contribution in [3.05, 3.63) is 47.7 Å². The maximum absolute atomic E-state index is 13.8. The van der Waals surface area contributed by atoms with E-state index in [0.29, 0.717) is 18.4 Å². The molecule has 0 spiro atoms. The fourth-order valence-corrected chi connectivity index (χ4v) is 4.77. The normalized spacial score (nSPS) is 22.9. The summed E-state index contributed by atoms with van der Waals surface area (Å²) in [5.41, 5.74) is -0.473. The molecule has 4 rings (SSSR count). The third-order valence-electron chi connectivity index (χ3n) is 6.50. The molecule has 0 saturated heterocycles. The lowest BCUT2D eigenvalue weighted by molar-refractivity contribution is -0.173. The molecule has 166 valence electrons. The number of carbonyl (C=O) groups is 2. The lowest BCUT2D eigenvalue weighted by atomic mass is 9.70. The van der Waals surface area contributed by atoms with Crippen LogP contribution in [0.1, 0.15) is 73.0 Å². The predicted molar refractivity (Wildman–Crippen MR) is 107 cm³/mol. The molecule has 31 heavy (non-hydrogen) atoms. The number of nitrogens with zero attached hydrogens (tertiary/aromatic N) is 2. The van der Waals surface area contributed by atoms with Crippen molar-refractivity contribution in [3.63, 3.8) is 0 Å². The van der Waals surface area contributed by atoms with Gasteiger partial charge in [0.05, 0.1) is 23.2 Å². The summed E-state index contributed by atoms with van der Waals surface area (Å²) in [6, 6.07) is 6.22. The molecule has 1 aromatic carbocycles. The van der Waals surface area contributed by atoms with Crippen molar-refractivity contribution in [3.8, 4) is 0 Å². The predicted octanol–water partition coefficient (Wildman–Crippen LogP) is 5.15. The number of anilines is 1. The van der Waals surface area contributed by atoms with Crippen molar-refractivity contribution in [2.24, 2.45) is 5.41 Å². The fraction of sp³-hybridized carbons (Fsp3) is 0.500. The van der Waals surface area contributed by atoms with E-state index in [1.807, 2.05) is 0 Å². The van der Waals surface area contributed by atoms with Gasteiger partial charge in [0.25, 0.3) is 0 Å². The number of carboxylic acids is 1. The number of carbonyl (C=O) groups excluding carboxylic acids is 1. The van der Waals surface area contributed by atoms with Crippen LogP contribution in [0.2, 0.25) is 0 Å². The molecular weight excluding hydrogens is 411 g/mol. The van der Waals surface area contributed by atoms with Gasteiger partial charge in [0.1, 0.15) is 5.82 Å². The molecule has 0 amide bonds. The van der Waals surface area contributed by atoms with Crippen molar-refractivity contribution in [1.29, 1.82) is 0 Å². The van der Waals surface area contributed by atoms with Crippen molar-refractivity contribution in [2.45, 2.75) is 63.2 Å². The van der Waals surface area contributed by atoms with E-state index < -0.39 is 35.4 Å². The van der Waals surface area contributed by atoms with Crippen LogP contribution in [-0.2, 0) is 4.79 Å². The van der Waals surface area contributed by atoms with Crippen molar-refractivity contribution >= 4 is 17.6 Å². The van der Waals surface area contributed by atoms with Crippen molar-refractivity contribution < 1.29 is 27.9 Å². The number of ketones is 1. The Kier molecular flexibility index (Phi) is 5.53. The number of nitrogens with one attached hydrogen (secondary N) is 1. The molecule has 1 aromatic heterocycles. The molecule has 0 bridgehead atoms. The van der Waals surface area contributed by atoms with Crippen LogP contribution in [-0.4, -0.2) is 32.8 Å². The number of benzene rings is 1. The maximum Gasteiger partial charge on any atom is 0.410 e. The summed E-state index contributed by atoms with van der Waals surface area (Å²) >= 11 is 0. The summed E-state index contributed by atoms with van der Waals surface area (Å²) in [4.78, 5) is 25.1. The molecule has 2 aromatic rings. The highest BCUT2D eigenvalue weighted by Gasteiger charge is 2.48. The molecule has 9 heteroatoms. The molecule has 0 radical (unpaired) electrons. The minimum absolute atomic E-state index is 0.00350. The second-order valence-corrected chi connectivity index (χ2v) is 8.50. The van der Waals surface area contributed by atoms with E-state index in [1.165, 1.54) is 0 Å². The highest BCUT2D eigenvalue weighted by Crippen LogP contribution is 2.46. The van der Waals surface area contributed by atoms with E-state index in [1.54, 1.807) is 30.3 Å². The number of hydrogen-bond donors (Lipinski definition) is 2. The van der Waals surface area contributed by atoms with Crippen LogP contribution in [0.4, 0.5) is 19.0 Å². The monoisotopic (exact) mass is 435 g/mol. The second-order valence-electron chi connectivity index (χ2n) is 8.50. The van der Waals surface area contributed by atoms with Gasteiger partial charge in [0, 0.05) is 12.8 Å².